The molecule has 3 N–H and O–H groups in total. The summed E-state index contributed by atoms with van der Waals surface area (Å²) >= 11 is 7.03. The number of benzene rings is 2. The number of carboxylic acids is 1. The number of nitrogens with zero attached hydrogens (tertiary/aromatic N) is 4. The molecule has 0 amide bonds. The smallest absolute Gasteiger partial charge is 0.320 e. The zero-order chi connectivity index (χ0) is 39.7. The van der Waals surface area contributed by atoms with Gasteiger partial charge >= 0.3 is 5.97 Å². The SMILES string of the molecule is CC1(C)C(c2ccccc2)=CC=CC1(COc1cc(OCc2cncc(C#N)c2)c(CN2CCCC[C@H]2C(=O)O)cc1Cl)OC[C@@H]1CCCN(CC(O)CO)C1. The van der Waals surface area contributed by atoms with Crippen LogP contribution >= 0.6 is 11.6 Å². The third-order valence-corrected chi connectivity index (χ3v) is 11.7. The van der Waals surface area contributed by atoms with Gasteiger partial charge in [-0.2, -0.15) is 5.26 Å². The van der Waals surface area contributed by atoms with E-state index in [1.54, 1.807) is 24.4 Å². The highest BCUT2D eigenvalue weighted by atomic mass is 35.5. The Morgan fingerprint density at radius 3 is 2.66 bits per heavy atom. The number of likely N-dealkylation sites (tertiary alicyclic amines) is 2. The van der Waals surface area contributed by atoms with Crippen LogP contribution in [-0.2, 0) is 22.7 Å². The number of halogens is 1. The van der Waals surface area contributed by atoms with Crippen molar-refractivity contribution in [3.63, 3.8) is 0 Å². The van der Waals surface area contributed by atoms with Gasteiger partial charge in [0.1, 0.15) is 42.4 Å². The van der Waals surface area contributed by atoms with Gasteiger partial charge in [-0.3, -0.25) is 14.7 Å². The maximum Gasteiger partial charge on any atom is 0.320 e. The molecule has 3 aliphatic rings. The van der Waals surface area contributed by atoms with Crippen LogP contribution in [0.1, 0.15) is 68.2 Å². The number of carbonyl (C=O) groups is 1. The van der Waals surface area contributed by atoms with Crippen LogP contribution in [0.15, 0.2) is 79.2 Å². The van der Waals surface area contributed by atoms with E-state index in [0.29, 0.717) is 60.3 Å². The number of aliphatic carboxylic acids is 1. The maximum atomic E-state index is 12.2. The molecule has 2 aliphatic heterocycles. The predicted molar refractivity (Wildman–Crippen MR) is 214 cm³/mol. The van der Waals surface area contributed by atoms with Gasteiger partial charge < -0.3 is 34.4 Å². The zero-order valence-corrected chi connectivity index (χ0v) is 33.0. The Balaban J connectivity index is 1.29. The van der Waals surface area contributed by atoms with Gasteiger partial charge in [0.2, 0.25) is 0 Å². The minimum atomic E-state index is -0.922. The second kappa shape index (κ2) is 18.8. The molecule has 3 heterocycles. The first-order valence-corrected chi connectivity index (χ1v) is 19.9. The molecule has 3 aromatic rings. The molecule has 6 rings (SSSR count). The minimum absolute atomic E-state index is 0.125. The molecule has 2 fully saturated rings. The van der Waals surface area contributed by atoms with Crippen molar-refractivity contribution < 1.29 is 34.3 Å². The number of allylic oxidation sites excluding steroid dienone is 2. The summed E-state index contributed by atoms with van der Waals surface area (Å²) in [6.07, 6.45) is 12.9. The summed E-state index contributed by atoms with van der Waals surface area (Å²) in [5.41, 5.74) is 2.57. The molecule has 298 valence electrons. The first-order chi connectivity index (χ1) is 27.0. The number of aliphatic hydroxyl groups excluding tert-OH is 2. The van der Waals surface area contributed by atoms with Gasteiger partial charge in [-0.05, 0) is 74.0 Å². The number of piperidine rings is 2. The second-order valence-electron chi connectivity index (χ2n) is 15.7. The fourth-order valence-electron chi connectivity index (χ4n) is 8.19. The van der Waals surface area contributed by atoms with E-state index in [1.165, 1.54) is 6.20 Å². The number of hydrogen-bond acceptors (Lipinski definition) is 10. The zero-order valence-electron chi connectivity index (χ0n) is 32.3. The first-order valence-electron chi connectivity index (χ1n) is 19.5. The van der Waals surface area contributed by atoms with E-state index in [1.807, 2.05) is 29.2 Å². The number of aromatic nitrogens is 1. The summed E-state index contributed by atoms with van der Waals surface area (Å²) in [6.45, 7) is 7.78. The number of β-amino-alcohol motifs (C(OH)–C–C–N with tert-alkyl or cyclic N) is 1. The molecule has 0 radical (unpaired) electrons. The molecule has 1 aromatic heterocycles. The van der Waals surface area contributed by atoms with Crippen LogP contribution < -0.4 is 9.47 Å². The summed E-state index contributed by atoms with van der Waals surface area (Å²) in [7, 11) is 0. The molecule has 4 atom stereocenters. The lowest BCUT2D eigenvalue weighted by Crippen LogP contribution is -2.53. The molecule has 0 saturated carbocycles. The molecule has 2 saturated heterocycles. The molecule has 56 heavy (non-hydrogen) atoms. The van der Waals surface area contributed by atoms with Crippen molar-refractivity contribution in [3.05, 3.63) is 106 Å². The van der Waals surface area contributed by atoms with Crippen molar-refractivity contribution in [1.82, 2.24) is 14.8 Å². The summed E-state index contributed by atoms with van der Waals surface area (Å²) < 4.78 is 20.2. The maximum absolute atomic E-state index is 12.2. The first kappa shape index (κ1) is 41.4. The van der Waals surface area contributed by atoms with Gasteiger partial charge in [-0.15, -0.1) is 0 Å². The number of nitriles is 1. The Hall–Kier alpha value is -4.28. The fourth-order valence-corrected chi connectivity index (χ4v) is 8.43. The van der Waals surface area contributed by atoms with Crippen molar-refractivity contribution in [3.8, 4) is 17.6 Å². The van der Waals surface area contributed by atoms with Crippen molar-refractivity contribution in [1.29, 1.82) is 5.26 Å². The lowest BCUT2D eigenvalue weighted by molar-refractivity contribution is -0.144. The molecule has 1 aliphatic carbocycles. The molecule has 2 unspecified atom stereocenters. The molecule has 0 bridgehead atoms. The van der Waals surface area contributed by atoms with E-state index < -0.39 is 29.1 Å². The van der Waals surface area contributed by atoms with Gasteiger partial charge in [0, 0.05) is 54.6 Å². The highest BCUT2D eigenvalue weighted by Crippen LogP contribution is 2.50. The van der Waals surface area contributed by atoms with Crippen LogP contribution in [0.25, 0.3) is 5.57 Å². The Labute approximate surface area is 334 Å². The van der Waals surface area contributed by atoms with Gasteiger partial charge in [0.05, 0.1) is 29.9 Å². The van der Waals surface area contributed by atoms with Crippen molar-refractivity contribution in [2.45, 2.75) is 76.9 Å². The topological polar surface area (TPSA) is 149 Å². The monoisotopic (exact) mass is 784 g/mol. The van der Waals surface area contributed by atoms with Crippen LogP contribution in [-0.4, -0.2) is 99.8 Å². The van der Waals surface area contributed by atoms with Gasteiger partial charge in [0.25, 0.3) is 0 Å². The third kappa shape index (κ3) is 9.80. The Bertz CT molecular complexity index is 1910. The van der Waals surface area contributed by atoms with Crippen LogP contribution in [0.5, 0.6) is 11.5 Å². The number of aliphatic hydroxyl groups is 2. The van der Waals surface area contributed by atoms with Gasteiger partial charge in [-0.1, -0.05) is 74.4 Å². The van der Waals surface area contributed by atoms with Crippen LogP contribution in [0.3, 0.4) is 0 Å². The summed E-state index contributed by atoms with van der Waals surface area (Å²) in [6, 6.07) is 17.1. The number of rotatable bonds is 16. The lowest BCUT2D eigenvalue weighted by atomic mass is 9.65. The molecular formula is C44H53ClN4O7. The third-order valence-electron chi connectivity index (χ3n) is 11.5. The number of carboxylic acid groups (broad SMARTS) is 1. The highest BCUT2D eigenvalue weighted by Gasteiger charge is 2.49. The Morgan fingerprint density at radius 2 is 1.89 bits per heavy atom. The summed E-state index contributed by atoms with van der Waals surface area (Å²) in [5, 5.41) is 39.4. The number of pyridine rings is 1. The van der Waals surface area contributed by atoms with Crippen molar-refractivity contribution >= 4 is 23.1 Å². The highest BCUT2D eigenvalue weighted by molar-refractivity contribution is 6.32. The predicted octanol–water partition coefficient (Wildman–Crippen LogP) is 6.50. The average molecular weight is 785 g/mol. The Kier molecular flexibility index (Phi) is 13.9. The van der Waals surface area contributed by atoms with Crippen LogP contribution in [0, 0.1) is 22.7 Å². The molecule has 2 aromatic carbocycles. The Morgan fingerprint density at radius 1 is 1.07 bits per heavy atom. The van der Waals surface area contributed by atoms with Gasteiger partial charge in [0.15, 0.2) is 0 Å². The van der Waals surface area contributed by atoms with Crippen LogP contribution in [0.4, 0.5) is 0 Å². The largest absolute Gasteiger partial charge is 0.488 e. The van der Waals surface area contributed by atoms with E-state index >= 15 is 0 Å². The lowest BCUT2D eigenvalue weighted by Gasteiger charge is -2.48. The molecule has 11 nitrogen and oxygen atoms in total. The van der Waals surface area contributed by atoms with E-state index in [0.717, 1.165) is 55.5 Å². The van der Waals surface area contributed by atoms with E-state index in [-0.39, 0.29) is 25.7 Å². The van der Waals surface area contributed by atoms with E-state index in [2.05, 4.69) is 54.1 Å². The van der Waals surface area contributed by atoms with Crippen LogP contribution in [0.2, 0.25) is 5.02 Å². The van der Waals surface area contributed by atoms with E-state index in [4.69, 9.17) is 25.8 Å². The molecule has 12 heteroatoms. The fraction of sp³-hybridized carbons (Fsp3) is 0.477. The quantitative estimate of drug-likeness (QED) is 0.146. The molecular weight excluding hydrogens is 732 g/mol. The van der Waals surface area contributed by atoms with Crippen molar-refractivity contribution in [2.24, 2.45) is 11.3 Å². The van der Waals surface area contributed by atoms with Gasteiger partial charge in [-0.25, -0.2) is 0 Å². The average Bonchev–Trinajstić information content (AvgIpc) is 3.20. The minimum Gasteiger partial charge on any atom is -0.488 e. The number of ether oxygens (including phenoxy) is 3. The standard InChI is InChI=1S/C44H53ClN4O7/c1-43(2)37(34-11-4-3-5-12-34)13-8-15-44(43,56-29-31-10-9-16-48(24-31)26-36(51)27-50)30-55-41-20-40(54-28-33-18-32(21-46)22-47-23-33)35(19-38(41)45)25-49-17-7-6-14-39(49)42(52)53/h3-5,8,11-13,15,18-20,22-23,31,36,39,50-51H,6-7,9-10,14,16-17,24-30H2,1-2H3,(H,52,53)/t31-,36?,39+,44?/m1/s1. The number of hydrogen-bond donors (Lipinski definition) is 3. The summed E-state index contributed by atoms with van der Waals surface area (Å²) in [5.74, 6) is 0.251. The normalized spacial score (nSPS) is 23.2. The molecule has 0 spiro atoms. The summed E-state index contributed by atoms with van der Waals surface area (Å²) in [4.78, 5) is 20.5. The van der Waals surface area contributed by atoms with E-state index in [9.17, 15) is 25.4 Å². The second-order valence-corrected chi connectivity index (χ2v) is 16.1. The van der Waals surface area contributed by atoms with Crippen molar-refractivity contribution in [2.75, 3.05) is 46.0 Å².